The van der Waals surface area contributed by atoms with E-state index in [9.17, 15) is 4.79 Å². The fraction of sp³-hybridized carbons (Fsp3) is 0.200. The Kier molecular flexibility index (Phi) is 4.80. The Bertz CT molecular complexity index is 867. The normalized spacial score (nSPS) is 10.6. The van der Waals surface area contributed by atoms with E-state index in [4.69, 9.17) is 9.47 Å². The first-order valence-electron chi connectivity index (χ1n) is 7.01. The van der Waals surface area contributed by atoms with Gasteiger partial charge in [-0.05, 0) is 24.3 Å². The molecule has 0 radical (unpaired) electrons. The number of carbonyl (C=O) groups is 1. The number of methoxy groups -OCH3 is 2. The average molecular weight is 345 g/mol. The summed E-state index contributed by atoms with van der Waals surface area (Å²) in [6, 6.07) is 8.81. The summed E-state index contributed by atoms with van der Waals surface area (Å²) in [5.41, 5.74) is 1.22. The first kappa shape index (κ1) is 16.1. The van der Waals surface area contributed by atoms with Gasteiger partial charge >= 0.3 is 0 Å². The summed E-state index contributed by atoms with van der Waals surface area (Å²) >= 11 is 1.32. The van der Waals surface area contributed by atoms with Crippen LogP contribution in [-0.4, -0.2) is 45.7 Å². The third-order valence-electron chi connectivity index (χ3n) is 3.17. The quantitative estimate of drug-likeness (QED) is 0.682. The molecule has 0 fully saturated rings. The zero-order chi connectivity index (χ0) is 16.9. The van der Waals surface area contributed by atoms with Gasteiger partial charge in [-0.3, -0.25) is 4.79 Å². The van der Waals surface area contributed by atoms with Gasteiger partial charge in [0.25, 0.3) is 0 Å². The second-order valence-electron chi connectivity index (χ2n) is 4.71. The number of amides is 1. The van der Waals surface area contributed by atoms with Crippen molar-refractivity contribution in [3.63, 3.8) is 0 Å². The molecule has 9 heteroatoms. The maximum atomic E-state index is 12.2. The molecule has 2 aromatic heterocycles. The number of ether oxygens (including phenoxy) is 2. The molecule has 0 saturated carbocycles. The number of fused-ring (bicyclic) bond motifs is 1. The maximum Gasteiger partial charge on any atom is 0.234 e. The molecular weight excluding hydrogens is 330 g/mol. The van der Waals surface area contributed by atoms with Crippen LogP contribution in [0.15, 0.2) is 41.7 Å². The van der Waals surface area contributed by atoms with Gasteiger partial charge in [-0.25, -0.2) is 0 Å². The van der Waals surface area contributed by atoms with Gasteiger partial charge < -0.3 is 14.8 Å². The standard InChI is InChI=1S/C15H15N5O3S/c1-22-10-3-4-12(23-2)11(7-10)17-14(21)8-24-15-6-5-13-18-16-9-20(13)19-15/h3-7,9H,8H2,1-2H3,(H,17,21). The van der Waals surface area contributed by atoms with Crippen molar-refractivity contribution in [1.29, 1.82) is 0 Å². The summed E-state index contributed by atoms with van der Waals surface area (Å²) < 4.78 is 12.0. The Morgan fingerprint density at radius 1 is 1.25 bits per heavy atom. The molecule has 3 aromatic rings. The number of nitrogens with one attached hydrogen (secondary N) is 1. The minimum atomic E-state index is -0.169. The molecule has 2 heterocycles. The number of carbonyl (C=O) groups excluding carboxylic acids is 1. The Morgan fingerprint density at radius 3 is 2.92 bits per heavy atom. The van der Waals surface area contributed by atoms with Gasteiger partial charge in [0, 0.05) is 6.07 Å². The highest BCUT2D eigenvalue weighted by atomic mass is 32.2. The van der Waals surface area contributed by atoms with Crippen molar-refractivity contribution in [3.05, 3.63) is 36.7 Å². The van der Waals surface area contributed by atoms with Gasteiger partial charge in [-0.15, -0.1) is 10.2 Å². The van der Waals surface area contributed by atoms with Crippen molar-refractivity contribution in [2.75, 3.05) is 25.3 Å². The summed E-state index contributed by atoms with van der Waals surface area (Å²) in [5.74, 6) is 1.25. The summed E-state index contributed by atoms with van der Waals surface area (Å²) in [6.45, 7) is 0. The van der Waals surface area contributed by atoms with Crippen molar-refractivity contribution >= 4 is 29.0 Å². The molecule has 124 valence electrons. The number of hydrogen-bond donors (Lipinski definition) is 1. The van der Waals surface area contributed by atoms with Crippen LogP contribution in [-0.2, 0) is 4.79 Å². The number of nitrogens with zero attached hydrogens (tertiary/aromatic N) is 4. The molecule has 1 amide bonds. The third-order valence-corrected chi connectivity index (χ3v) is 4.09. The lowest BCUT2D eigenvalue weighted by molar-refractivity contribution is -0.113. The van der Waals surface area contributed by atoms with E-state index >= 15 is 0 Å². The Balaban J connectivity index is 1.65. The summed E-state index contributed by atoms with van der Waals surface area (Å²) in [4.78, 5) is 12.2. The fourth-order valence-electron chi connectivity index (χ4n) is 2.03. The van der Waals surface area contributed by atoms with Crippen LogP contribution in [0.4, 0.5) is 5.69 Å². The topological polar surface area (TPSA) is 90.6 Å². The lowest BCUT2D eigenvalue weighted by Gasteiger charge is -2.11. The number of anilines is 1. The van der Waals surface area contributed by atoms with Crippen LogP contribution in [0, 0.1) is 0 Å². The van der Waals surface area contributed by atoms with E-state index < -0.39 is 0 Å². The van der Waals surface area contributed by atoms with E-state index in [1.54, 1.807) is 49.1 Å². The fourth-order valence-corrected chi connectivity index (χ4v) is 2.69. The van der Waals surface area contributed by atoms with Crippen LogP contribution < -0.4 is 14.8 Å². The molecule has 0 spiro atoms. The lowest BCUT2D eigenvalue weighted by atomic mass is 10.2. The molecule has 0 saturated heterocycles. The minimum Gasteiger partial charge on any atom is -0.497 e. The van der Waals surface area contributed by atoms with E-state index in [0.29, 0.717) is 27.9 Å². The molecule has 1 aromatic carbocycles. The van der Waals surface area contributed by atoms with Crippen LogP contribution in [0.25, 0.3) is 5.65 Å². The second-order valence-corrected chi connectivity index (χ2v) is 5.70. The molecule has 0 bridgehead atoms. The summed E-state index contributed by atoms with van der Waals surface area (Å²) in [6.07, 6.45) is 1.51. The molecule has 0 aliphatic rings. The monoisotopic (exact) mass is 345 g/mol. The SMILES string of the molecule is COc1ccc(OC)c(NC(=O)CSc2ccc3nncn3n2)c1. The van der Waals surface area contributed by atoms with E-state index in [2.05, 4.69) is 20.6 Å². The van der Waals surface area contributed by atoms with E-state index in [0.717, 1.165) is 0 Å². The largest absolute Gasteiger partial charge is 0.497 e. The minimum absolute atomic E-state index is 0.169. The van der Waals surface area contributed by atoms with Gasteiger partial charge in [-0.1, -0.05) is 11.8 Å². The summed E-state index contributed by atoms with van der Waals surface area (Å²) in [7, 11) is 3.11. The highest BCUT2D eigenvalue weighted by Crippen LogP contribution is 2.29. The highest BCUT2D eigenvalue weighted by Gasteiger charge is 2.10. The van der Waals surface area contributed by atoms with Crippen molar-refractivity contribution in [2.24, 2.45) is 0 Å². The van der Waals surface area contributed by atoms with E-state index in [-0.39, 0.29) is 11.7 Å². The Labute approximate surface area is 142 Å². The van der Waals surface area contributed by atoms with Crippen LogP contribution in [0.3, 0.4) is 0 Å². The first-order valence-corrected chi connectivity index (χ1v) is 8.00. The van der Waals surface area contributed by atoms with Gasteiger partial charge in [0.05, 0.1) is 25.7 Å². The number of thioether (sulfide) groups is 1. The molecule has 8 nitrogen and oxygen atoms in total. The zero-order valence-corrected chi connectivity index (χ0v) is 13.9. The molecule has 0 aliphatic carbocycles. The number of rotatable bonds is 6. The van der Waals surface area contributed by atoms with Crippen LogP contribution >= 0.6 is 11.8 Å². The maximum absolute atomic E-state index is 12.2. The van der Waals surface area contributed by atoms with Crippen LogP contribution in [0.5, 0.6) is 11.5 Å². The molecule has 0 atom stereocenters. The number of benzene rings is 1. The average Bonchev–Trinajstić information content (AvgIpc) is 3.07. The van der Waals surface area contributed by atoms with E-state index in [1.165, 1.54) is 18.1 Å². The van der Waals surface area contributed by atoms with Crippen LogP contribution in [0.1, 0.15) is 0 Å². The zero-order valence-electron chi connectivity index (χ0n) is 13.1. The number of hydrogen-bond acceptors (Lipinski definition) is 7. The summed E-state index contributed by atoms with van der Waals surface area (Å²) in [5, 5.41) is 15.5. The Morgan fingerprint density at radius 2 is 2.12 bits per heavy atom. The van der Waals surface area contributed by atoms with Gasteiger partial charge in [0.1, 0.15) is 22.9 Å². The smallest absolute Gasteiger partial charge is 0.234 e. The molecular formula is C15H15N5O3S. The van der Waals surface area contributed by atoms with Crippen LogP contribution in [0.2, 0.25) is 0 Å². The third kappa shape index (κ3) is 3.57. The predicted molar refractivity (Wildman–Crippen MR) is 89.7 cm³/mol. The van der Waals surface area contributed by atoms with Gasteiger partial charge in [-0.2, -0.15) is 9.61 Å². The molecule has 0 unspecified atom stereocenters. The molecule has 3 rings (SSSR count). The predicted octanol–water partition coefficient (Wildman–Crippen LogP) is 1.87. The van der Waals surface area contributed by atoms with Gasteiger partial charge in [0.15, 0.2) is 5.65 Å². The second kappa shape index (κ2) is 7.18. The first-order chi connectivity index (χ1) is 11.7. The van der Waals surface area contributed by atoms with Gasteiger partial charge in [0.2, 0.25) is 5.91 Å². The molecule has 0 aliphatic heterocycles. The van der Waals surface area contributed by atoms with Crippen molar-refractivity contribution in [1.82, 2.24) is 19.8 Å². The van der Waals surface area contributed by atoms with Crippen molar-refractivity contribution in [3.8, 4) is 11.5 Å². The van der Waals surface area contributed by atoms with E-state index in [1.807, 2.05) is 0 Å². The lowest BCUT2D eigenvalue weighted by Crippen LogP contribution is -2.15. The highest BCUT2D eigenvalue weighted by molar-refractivity contribution is 7.99. The molecule has 24 heavy (non-hydrogen) atoms. The van der Waals surface area contributed by atoms with Crippen molar-refractivity contribution in [2.45, 2.75) is 5.03 Å². The van der Waals surface area contributed by atoms with Crippen molar-refractivity contribution < 1.29 is 14.3 Å². The number of aromatic nitrogens is 4. The molecule has 1 N–H and O–H groups in total. The Hall–Kier alpha value is -2.81.